The maximum Gasteiger partial charge on any atom is 0.0235 e. The molecule has 0 aromatic heterocycles. The highest BCUT2D eigenvalue weighted by Crippen LogP contribution is 2.15. The van der Waals surface area contributed by atoms with Crippen molar-refractivity contribution in [3.8, 4) is 0 Å². The maximum absolute atomic E-state index is 4.25. The third-order valence-corrected chi connectivity index (χ3v) is 3.77. The van der Waals surface area contributed by atoms with Crippen molar-refractivity contribution in [2.24, 2.45) is 0 Å². The van der Waals surface area contributed by atoms with E-state index in [1.54, 1.807) is 0 Å². The summed E-state index contributed by atoms with van der Waals surface area (Å²) in [4.78, 5) is 5.21. The molecule has 1 atom stereocenters. The summed E-state index contributed by atoms with van der Waals surface area (Å²) in [7, 11) is 0. The molecule has 0 bridgehead atoms. The Hall–Kier alpha value is 0.270. The molecule has 1 unspecified atom stereocenters. The third kappa shape index (κ3) is 4.33. The van der Waals surface area contributed by atoms with Gasteiger partial charge in [-0.1, -0.05) is 13.8 Å². The second kappa shape index (κ2) is 7.53. The predicted octanol–water partition coefficient (Wildman–Crippen LogP) is 2.11. The number of hydrogen-bond donors (Lipinski definition) is 1. The fourth-order valence-electron chi connectivity index (χ4n) is 2.50. The van der Waals surface area contributed by atoms with Gasteiger partial charge in [0.1, 0.15) is 0 Å². The van der Waals surface area contributed by atoms with Crippen LogP contribution in [0.2, 0.25) is 0 Å². The van der Waals surface area contributed by atoms with Crippen LogP contribution in [-0.2, 0) is 0 Å². The molecule has 1 rings (SSSR count). The summed E-state index contributed by atoms with van der Waals surface area (Å²) in [6, 6.07) is 0.816. The molecule has 90 valence electrons. The Morgan fingerprint density at radius 3 is 2.60 bits per heavy atom. The Kier molecular flexibility index (Phi) is 6.69. The standard InChI is InChI=1S/C12H26N2S/c1-3-14(4-2)12-7-9-13(11-12)8-5-6-10-15/h12,15H,3-11H2,1-2H3. The van der Waals surface area contributed by atoms with E-state index >= 15 is 0 Å². The Labute approximate surface area is 100 Å². The van der Waals surface area contributed by atoms with Crippen molar-refractivity contribution >= 4 is 12.6 Å². The molecule has 0 aromatic rings. The monoisotopic (exact) mass is 230 g/mol. The van der Waals surface area contributed by atoms with Crippen LogP contribution in [0, 0.1) is 0 Å². The van der Waals surface area contributed by atoms with Crippen LogP contribution in [0.15, 0.2) is 0 Å². The summed E-state index contributed by atoms with van der Waals surface area (Å²) < 4.78 is 0. The second-order valence-electron chi connectivity index (χ2n) is 4.40. The number of rotatable bonds is 7. The summed E-state index contributed by atoms with van der Waals surface area (Å²) in [6.45, 7) is 10.8. The maximum atomic E-state index is 4.25. The van der Waals surface area contributed by atoms with E-state index in [2.05, 4.69) is 36.3 Å². The van der Waals surface area contributed by atoms with Gasteiger partial charge in [-0.25, -0.2) is 0 Å². The SMILES string of the molecule is CCN(CC)C1CCN(CCCCS)C1. The van der Waals surface area contributed by atoms with Crippen molar-refractivity contribution in [2.75, 3.05) is 38.5 Å². The average Bonchev–Trinajstić information content (AvgIpc) is 2.69. The van der Waals surface area contributed by atoms with E-state index in [9.17, 15) is 0 Å². The second-order valence-corrected chi connectivity index (χ2v) is 4.84. The first-order valence-electron chi connectivity index (χ1n) is 6.39. The lowest BCUT2D eigenvalue weighted by Gasteiger charge is -2.26. The Morgan fingerprint density at radius 1 is 1.27 bits per heavy atom. The minimum atomic E-state index is 0.816. The van der Waals surface area contributed by atoms with Gasteiger partial charge in [0.2, 0.25) is 0 Å². The van der Waals surface area contributed by atoms with Gasteiger partial charge in [-0.3, -0.25) is 4.90 Å². The molecular formula is C12H26N2S. The quantitative estimate of drug-likeness (QED) is 0.529. The van der Waals surface area contributed by atoms with Gasteiger partial charge in [-0.05, 0) is 51.2 Å². The average molecular weight is 230 g/mol. The first-order chi connectivity index (χ1) is 7.31. The van der Waals surface area contributed by atoms with Crippen molar-refractivity contribution in [3.05, 3.63) is 0 Å². The van der Waals surface area contributed by atoms with Gasteiger partial charge in [-0.15, -0.1) is 0 Å². The van der Waals surface area contributed by atoms with Crippen LogP contribution in [0.25, 0.3) is 0 Å². The van der Waals surface area contributed by atoms with Crippen molar-refractivity contribution in [1.82, 2.24) is 9.80 Å². The van der Waals surface area contributed by atoms with Crippen LogP contribution < -0.4 is 0 Å². The molecule has 0 amide bonds. The molecular weight excluding hydrogens is 204 g/mol. The molecule has 0 radical (unpaired) electrons. The highest BCUT2D eigenvalue weighted by molar-refractivity contribution is 7.80. The zero-order valence-corrected chi connectivity index (χ0v) is 11.2. The fraction of sp³-hybridized carbons (Fsp3) is 1.00. The molecule has 15 heavy (non-hydrogen) atoms. The number of unbranched alkanes of at least 4 members (excludes halogenated alkanes) is 1. The molecule has 0 aliphatic carbocycles. The zero-order valence-electron chi connectivity index (χ0n) is 10.3. The van der Waals surface area contributed by atoms with Crippen LogP contribution in [0.1, 0.15) is 33.1 Å². The first kappa shape index (κ1) is 13.3. The molecule has 1 heterocycles. The van der Waals surface area contributed by atoms with E-state index in [-0.39, 0.29) is 0 Å². The zero-order chi connectivity index (χ0) is 11.1. The topological polar surface area (TPSA) is 6.48 Å². The van der Waals surface area contributed by atoms with Crippen molar-refractivity contribution < 1.29 is 0 Å². The molecule has 0 spiro atoms. The van der Waals surface area contributed by atoms with Gasteiger partial charge >= 0.3 is 0 Å². The Balaban J connectivity index is 2.19. The minimum absolute atomic E-state index is 0.816. The van der Waals surface area contributed by atoms with Crippen molar-refractivity contribution in [3.63, 3.8) is 0 Å². The summed E-state index contributed by atoms with van der Waals surface area (Å²) in [6.07, 6.45) is 3.94. The first-order valence-corrected chi connectivity index (χ1v) is 7.02. The van der Waals surface area contributed by atoms with E-state index in [1.807, 2.05) is 0 Å². The number of nitrogens with zero attached hydrogens (tertiary/aromatic N) is 2. The molecule has 1 fully saturated rings. The van der Waals surface area contributed by atoms with Crippen molar-refractivity contribution in [2.45, 2.75) is 39.2 Å². The van der Waals surface area contributed by atoms with E-state index in [1.165, 1.54) is 52.0 Å². The highest BCUT2D eigenvalue weighted by Gasteiger charge is 2.25. The normalized spacial score (nSPS) is 22.8. The summed E-state index contributed by atoms with van der Waals surface area (Å²) in [5.74, 6) is 1.04. The van der Waals surface area contributed by atoms with Gasteiger partial charge in [-0.2, -0.15) is 12.6 Å². The van der Waals surface area contributed by atoms with Gasteiger partial charge in [0.05, 0.1) is 0 Å². The summed E-state index contributed by atoms with van der Waals surface area (Å²) >= 11 is 4.25. The van der Waals surface area contributed by atoms with E-state index in [0.29, 0.717) is 0 Å². The number of likely N-dealkylation sites (N-methyl/N-ethyl adjacent to an activating group) is 1. The largest absolute Gasteiger partial charge is 0.302 e. The molecule has 1 aliphatic heterocycles. The molecule has 1 saturated heterocycles. The van der Waals surface area contributed by atoms with E-state index in [0.717, 1.165) is 11.8 Å². The summed E-state index contributed by atoms with van der Waals surface area (Å²) in [5, 5.41) is 0. The molecule has 0 saturated carbocycles. The Morgan fingerprint density at radius 2 is 2.00 bits per heavy atom. The number of thiol groups is 1. The van der Waals surface area contributed by atoms with Gasteiger partial charge < -0.3 is 4.90 Å². The van der Waals surface area contributed by atoms with Crippen molar-refractivity contribution in [1.29, 1.82) is 0 Å². The molecule has 1 aliphatic rings. The van der Waals surface area contributed by atoms with Gasteiger partial charge in [0.15, 0.2) is 0 Å². The van der Waals surface area contributed by atoms with E-state index in [4.69, 9.17) is 0 Å². The van der Waals surface area contributed by atoms with E-state index < -0.39 is 0 Å². The fourth-order valence-corrected chi connectivity index (χ4v) is 2.72. The minimum Gasteiger partial charge on any atom is -0.302 e. The summed E-state index contributed by atoms with van der Waals surface area (Å²) in [5.41, 5.74) is 0. The van der Waals surface area contributed by atoms with Crippen LogP contribution >= 0.6 is 12.6 Å². The van der Waals surface area contributed by atoms with Crippen LogP contribution in [0.4, 0.5) is 0 Å². The van der Waals surface area contributed by atoms with Gasteiger partial charge in [0.25, 0.3) is 0 Å². The third-order valence-electron chi connectivity index (χ3n) is 3.46. The lowest BCUT2D eigenvalue weighted by atomic mass is 10.2. The highest BCUT2D eigenvalue weighted by atomic mass is 32.1. The predicted molar refractivity (Wildman–Crippen MR) is 70.9 cm³/mol. The van der Waals surface area contributed by atoms with Crippen LogP contribution in [0.3, 0.4) is 0 Å². The lowest BCUT2D eigenvalue weighted by molar-refractivity contribution is 0.210. The molecule has 0 N–H and O–H groups in total. The van der Waals surface area contributed by atoms with Crippen LogP contribution in [0.5, 0.6) is 0 Å². The van der Waals surface area contributed by atoms with Crippen LogP contribution in [-0.4, -0.2) is 54.3 Å². The number of hydrogen-bond acceptors (Lipinski definition) is 3. The lowest BCUT2D eigenvalue weighted by Crippen LogP contribution is -2.37. The molecule has 3 heteroatoms. The smallest absolute Gasteiger partial charge is 0.0235 e. The Bertz CT molecular complexity index is 160. The molecule has 0 aromatic carbocycles. The van der Waals surface area contributed by atoms with Gasteiger partial charge in [0, 0.05) is 12.6 Å². The molecule has 2 nitrogen and oxygen atoms in total. The number of likely N-dealkylation sites (tertiary alicyclic amines) is 1.